The van der Waals surface area contributed by atoms with Crippen molar-refractivity contribution in [1.82, 2.24) is 40.3 Å². The van der Waals surface area contributed by atoms with Gasteiger partial charge in [0.25, 0.3) is 0 Å². The molecule has 0 saturated carbocycles. The molecule has 2 aromatic heterocycles. The van der Waals surface area contributed by atoms with E-state index in [4.69, 9.17) is 16.3 Å². The maximum atomic E-state index is 14.0. The molecule has 5 N–H and O–H groups in total. The van der Waals surface area contributed by atoms with Gasteiger partial charge in [0, 0.05) is 71.0 Å². The molecule has 74 heavy (non-hydrogen) atoms. The van der Waals surface area contributed by atoms with E-state index < -0.39 is 28.2 Å². The molecular weight excluding hydrogens is 1000 g/mol. The number of piperidine rings is 1. The first-order valence-electron chi connectivity index (χ1n) is 25.0. The highest BCUT2D eigenvalue weighted by Crippen LogP contribution is 2.35. The van der Waals surface area contributed by atoms with E-state index >= 15 is 0 Å². The van der Waals surface area contributed by atoms with Crippen molar-refractivity contribution in [3.05, 3.63) is 94.7 Å². The number of nitrogens with zero attached hydrogens (tertiary/aromatic N) is 8. The normalized spacial score (nSPS) is 18.3. The summed E-state index contributed by atoms with van der Waals surface area (Å²) in [7, 11) is -0.425. The molecule has 0 bridgehead atoms. The minimum atomic E-state index is -3.52. The second-order valence-electron chi connectivity index (χ2n) is 19.6. The van der Waals surface area contributed by atoms with Gasteiger partial charge in [0.15, 0.2) is 5.82 Å². The molecule has 19 nitrogen and oxygen atoms in total. The van der Waals surface area contributed by atoms with Gasteiger partial charge in [0.1, 0.15) is 22.9 Å². The van der Waals surface area contributed by atoms with Crippen molar-refractivity contribution in [3.63, 3.8) is 0 Å². The number of ether oxygens (including phenoxy) is 1. The standard InChI is InChI=1S/C52H67ClN12O7S2/c1-33(2)47(51(69)65-30-39(66)26-44(65)50(68)54-27-35-11-13-37(14-12-35)48-34(3)56-32-73-48)59-46(67)31-62-19-17-36(18-20-62)29-63-21-23-64(24-22-63)38-15-16-42(45(25-38)72-5)58-52-55-28-40(53)49(60-52)57-41-9-7-8-10-43(41)61(4)74(6,70)71/h7-16,25,28,32-33,36,39,44,47,66H,17-24,26-27,29-31H2,1-6H3,(H,54,68)(H,59,67)(H2,55,57,58,60)/t39-,44-,47?/m1/s1. The summed E-state index contributed by atoms with van der Waals surface area (Å²) in [6, 6.07) is 19.2. The van der Waals surface area contributed by atoms with Crippen LogP contribution in [0.25, 0.3) is 10.4 Å². The van der Waals surface area contributed by atoms with E-state index in [0.717, 1.165) is 92.3 Å². The summed E-state index contributed by atoms with van der Waals surface area (Å²) < 4.78 is 31.6. The molecule has 396 valence electrons. The van der Waals surface area contributed by atoms with Gasteiger partial charge >= 0.3 is 0 Å². The number of thiazole rings is 1. The maximum Gasteiger partial charge on any atom is 0.246 e. The van der Waals surface area contributed by atoms with Crippen LogP contribution < -0.4 is 35.2 Å². The quantitative estimate of drug-likeness (QED) is 0.0670. The van der Waals surface area contributed by atoms with Crippen LogP contribution in [0.3, 0.4) is 0 Å². The predicted molar refractivity (Wildman–Crippen MR) is 291 cm³/mol. The Bertz CT molecular complexity index is 2880. The zero-order chi connectivity index (χ0) is 52.7. The Hall–Kier alpha value is -6.10. The number of aliphatic hydroxyl groups is 1. The minimum absolute atomic E-state index is 0.0273. The highest BCUT2D eigenvalue weighted by molar-refractivity contribution is 7.92. The number of carbonyl (C=O) groups excluding carboxylic acids is 3. The molecule has 3 atom stereocenters. The average Bonchev–Trinajstić information content (AvgIpc) is 4.01. The van der Waals surface area contributed by atoms with Crippen LogP contribution in [0.4, 0.5) is 34.5 Å². The van der Waals surface area contributed by atoms with Crippen LogP contribution in [-0.2, 0) is 31.0 Å². The third-order valence-corrected chi connectivity index (χ3v) is 16.5. The average molecular weight is 1070 g/mol. The topological polar surface area (TPSA) is 218 Å². The highest BCUT2D eigenvalue weighted by Gasteiger charge is 2.42. The number of piperazine rings is 1. The lowest BCUT2D eigenvalue weighted by Crippen LogP contribution is -2.56. The van der Waals surface area contributed by atoms with Gasteiger partial charge < -0.3 is 40.9 Å². The molecule has 3 aliphatic rings. The van der Waals surface area contributed by atoms with E-state index in [9.17, 15) is 27.9 Å². The van der Waals surface area contributed by atoms with Crippen molar-refractivity contribution < 1.29 is 32.6 Å². The Labute approximate surface area is 442 Å². The lowest BCUT2D eigenvalue weighted by molar-refractivity contribution is -0.142. The van der Waals surface area contributed by atoms with Gasteiger partial charge in [-0.15, -0.1) is 11.3 Å². The van der Waals surface area contributed by atoms with Crippen molar-refractivity contribution >= 4 is 85.2 Å². The Morgan fingerprint density at radius 1 is 0.946 bits per heavy atom. The van der Waals surface area contributed by atoms with Gasteiger partial charge in [-0.25, -0.2) is 18.4 Å². The number of benzene rings is 3. The number of halogens is 1. The minimum Gasteiger partial charge on any atom is -0.494 e. The Kier molecular flexibility index (Phi) is 17.6. The van der Waals surface area contributed by atoms with Gasteiger partial charge in [-0.05, 0) is 80.1 Å². The number of aryl methyl sites for hydroxylation is 1. The maximum absolute atomic E-state index is 14.0. The number of aromatic nitrogens is 3. The van der Waals surface area contributed by atoms with E-state index in [-0.39, 0.29) is 60.7 Å². The van der Waals surface area contributed by atoms with Crippen LogP contribution in [0.1, 0.15) is 44.4 Å². The summed E-state index contributed by atoms with van der Waals surface area (Å²) in [5.41, 5.74) is 7.39. The molecule has 1 unspecified atom stereocenters. The number of hydrogen-bond donors (Lipinski definition) is 5. The molecule has 0 aliphatic carbocycles. The first kappa shape index (κ1) is 54.2. The van der Waals surface area contributed by atoms with Crippen LogP contribution in [0, 0.1) is 18.8 Å². The van der Waals surface area contributed by atoms with Crippen molar-refractivity contribution in [3.8, 4) is 16.2 Å². The molecule has 22 heteroatoms. The van der Waals surface area contributed by atoms with E-state index in [1.807, 2.05) is 68.7 Å². The number of carbonyl (C=O) groups is 3. The summed E-state index contributed by atoms with van der Waals surface area (Å²) in [6.07, 6.45) is 3.83. The Morgan fingerprint density at radius 2 is 1.68 bits per heavy atom. The number of likely N-dealkylation sites (tertiary alicyclic amines) is 2. The summed E-state index contributed by atoms with van der Waals surface area (Å²) in [5.74, 6) is 0.510. The first-order valence-corrected chi connectivity index (χ1v) is 28.1. The molecule has 3 aromatic carbocycles. The van der Waals surface area contributed by atoms with Crippen LogP contribution in [0.15, 0.2) is 78.4 Å². The van der Waals surface area contributed by atoms with Crippen LogP contribution >= 0.6 is 22.9 Å². The van der Waals surface area contributed by atoms with Crippen LogP contribution in [0.2, 0.25) is 5.02 Å². The van der Waals surface area contributed by atoms with Gasteiger partial charge in [-0.3, -0.25) is 28.5 Å². The van der Waals surface area contributed by atoms with E-state index in [1.165, 1.54) is 22.4 Å². The van der Waals surface area contributed by atoms with Gasteiger partial charge in [-0.2, -0.15) is 4.98 Å². The molecule has 3 saturated heterocycles. The first-order chi connectivity index (χ1) is 35.4. The SMILES string of the molecule is COc1cc(N2CCN(CC3CCN(CC(=O)NC(C(=O)N4C[C@H](O)C[C@@H]4C(=O)NCc4ccc(-c5scnc5C)cc4)C(C)C)CC3)CC2)ccc1Nc1ncc(Cl)c(Nc2ccccc2N(C)S(C)(=O)=O)n1. The molecule has 0 radical (unpaired) electrons. The van der Waals surface area contributed by atoms with Crippen LogP contribution in [-0.4, -0.2) is 158 Å². The number of anilines is 6. The zero-order valence-corrected chi connectivity index (χ0v) is 45.1. The third kappa shape index (κ3) is 13.4. The fourth-order valence-electron chi connectivity index (χ4n) is 9.74. The van der Waals surface area contributed by atoms with Crippen molar-refractivity contribution in [2.75, 3.05) is 99.2 Å². The van der Waals surface area contributed by atoms with Gasteiger partial charge in [-0.1, -0.05) is 61.8 Å². The number of sulfonamides is 1. The number of para-hydroxylation sites is 2. The highest BCUT2D eigenvalue weighted by atomic mass is 35.5. The second kappa shape index (κ2) is 24.1. The predicted octanol–water partition coefficient (Wildman–Crippen LogP) is 5.71. The zero-order valence-electron chi connectivity index (χ0n) is 42.8. The summed E-state index contributed by atoms with van der Waals surface area (Å²) in [6.45, 7) is 12.3. The number of nitrogens with one attached hydrogen (secondary N) is 4. The smallest absolute Gasteiger partial charge is 0.246 e. The number of rotatable bonds is 19. The lowest BCUT2D eigenvalue weighted by atomic mass is 9.95. The number of methoxy groups -OCH3 is 1. The van der Waals surface area contributed by atoms with E-state index in [2.05, 4.69) is 50.9 Å². The molecule has 8 rings (SSSR count). The van der Waals surface area contributed by atoms with Crippen molar-refractivity contribution in [2.45, 2.75) is 64.8 Å². The number of amides is 3. The molecule has 3 fully saturated rings. The largest absolute Gasteiger partial charge is 0.494 e. The molecule has 5 heterocycles. The molecule has 3 amide bonds. The number of hydrogen-bond acceptors (Lipinski definition) is 16. The number of aliphatic hydroxyl groups excluding tert-OH is 1. The second-order valence-corrected chi connectivity index (χ2v) is 22.9. The van der Waals surface area contributed by atoms with E-state index in [0.29, 0.717) is 34.5 Å². The Balaban J connectivity index is 0.771. The molecule has 3 aliphatic heterocycles. The fraction of sp³-hybridized carbons (Fsp3) is 0.462. The van der Waals surface area contributed by atoms with Gasteiger partial charge in [0.2, 0.25) is 33.7 Å². The molecular formula is C52H67ClN12O7S2. The Morgan fingerprint density at radius 3 is 2.35 bits per heavy atom. The summed E-state index contributed by atoms with van der Waals surface area (Å²) in [4.78, 5) is 63.9. The van der Waals surface area contributed by atoms with Crippen LogP contribution in [0.5, 0.6) is 5.75 Å². The number of β-amino-alcohol motifs (C(OH)–C–C–N with tert-alkyl or cyclic N) is 1. The van der Waals surface area contributed by atoms with Crippen molar-refractivity contribution in [2.24, 2.45) is 11.8 Å². The lowest BCUT2D eigenvalue weighted by Gasteiger charge is -2.39. The third-order valence-electron chi connectivity index (χ3n) is 14.0. The van der Waals surface area contributed by atoms with Gasteiger partial charge in [0.05, 0.1) is 65.4 Å². The molecule has 5 aromatic rings. The fourth-order valence-corrected chi connectivity index (χ4v) is 11.2. The molecule has 0 spiro atoms. The summed E-state index contributed by atoms with van der Waals surface area (Å²) >= 11 is 8.07. The van der Waals surface area contributed by atoms with Crippen molar-refractivity contribution in [1.29, 1.82) is 0 Å². The monoisotopic (exact) mass is 1070 g/mol. The van der Waals surface area contributed by atoms with E-state index in [1.54, 1.807) is 42.7 Å². The summed E-state index contributed by atoms with van der Waals surface area (Å²) in [5, 5.41) is 23.2.